The van der Waals surface area contributed by atoms with Crippen molar-refractivity contribution in [3.63, 3.8) is 0 Å². The first-order valence-corrected chi connectivity index (χ1v) is 12.2. The van der Waals surface area contributed by atoms with Crippen LogP contribution in [0.25, 0.3) is 0 Å². The van der Waals surface area contributed by atoms with Gasteiger partial charge in [0.05, 0.1) is 7.11 Å². The molecule has 0 unspecified atom stereocenters. The van der Waals surface area contributed by atoms with Gasteiger partial charge in [-0.05, 0) is 80.7 Å². The SMILES string of the molecule is COc1ccc(OC/C=C(C)/C=C/C=C(C)/C=C/C2=C(C)CCCC2(C)C)cc1C(C)(C)C. The zero-order valence-corrected chi connectivity index (χ0v) is 22.3. The average Bonchev–Trinajstić information content (AvgIpc) is 2.72. The van der Waals surface area contributed by atoms with E-state index in [0.29, 0.717) is 6.61 Å². The van der Waals surface area contributed by atoms with Gasteiger partial charge in [0.15, 0.2) is 0 Å². The Morgan fingerprint density at radius 3 is 2.45 bits per heavy atom. The Morgan fingerprint density at radius 1 is 1.09 bits per heavy atom. The van der Waals surface area contributed by atoms with E-state index in [-0.39, 0.29) is 10.8 Å². The lowest BCUT2D eigenvalue weighted by Crippen LogP contribution is -2.19. The van der Waals surface area contributed by atoms with Crippen molar-refractivity contribution in [1.29, 1.82) is 0 Å². The molecular weight excluding hydrogens is 404 g/mol. The van der Waals surface area contributed by atoms with Gasteiger partial charge in [-0.15, -0.1) is 0 Å². The Bertz CT molecular complexity index is 959. The molecule has 0 amide bonds. The summed E-state index contributed by atoms with van der Waals surface area (Å²) < 4.78 is 11.5. The van der Waals surface area contributed by atoms with Crippen molar-refractivity contribution < 1.29 is 9.47 Å². The van der Waals surface area contributed by atoms with Crippen LogP contribution in [-0.4, -0.2) is 13.7 Å². The molecular formula is C31H44O2. The van der Waals surface area contributed by atoms with Crippen molar-refractivity contribution in [3.05, 3.63) is 82.5 Å². The molecule has 0 spiro atoms. The highest BCUT2D eigenvalue weighted by Crippen LogP contribution is 2.40. The molecule has 33 heavy (non-hydrogen) atoms. The monoisotopic (exact) mass is 448 g/mol. The summed E-state index contributed by atoms with van der Waals surface area (Å²) in [5, 5.41) is 0. The van der Waals surface area contributed by atoms with E-state index in [4.69, 9.17) is 9.47 Å². The third-order valence-corrected chi connectivity index (χ3v) is 6.41. The number of benzene rings is 1. The van der Waals surface area contributed by atoms with Crippen LogP contribution in [0.1, 0.15) is 80.2 Å². The molecule has 0 N–H and O–H groups in total. The van der Waals surface area contributed by atoms with Gasteiger partial charge in [0.1, 0.15) is 18.1 Å². The van der Waals surface area contributed by atoms with Gasteiger partial charge in [0.2, 0.25) is 0 Å². The minimum atomic E-state index is -0.000178. The van der Waals surface area contributed by atoms with Crippen LogP contribution in [0.3, 0.4) is 0 Å². The van der Waals surface area contributed by atoms with Crippen molar-refractivity contribution in [2.24, 2.45) is 5.41 Å². The molecule has 1 aliphatic rings. The first-order chi connectivity index (χ1) is 15.4. The lowest BCUT2D eigenvalue weighted by molar-refractivity contribution is 0.356. The van der Waals surface area contributed by atoms with Gasteiger partial charge >= 0.3 is 0 Å². The predicted molar refractivity (Wildman–Crippen MR) is 143 cm³/mol. The number of hydrogen-bond donors (Lipinski definition) is 0. The molecule has 180 valence electrons. The highest BCUT2D eigenvalue weighted by molar-refractivity contribution is 5.44. The Balaban J connectivity index is 1.96. The number of methoxy groups -OCH3 is 1. The van der Waals surface area contributed by atoms with Gasteiger partial charge in [-0.3, -0.25) is 0 Å². The van der Waals surface area contributed by atoms with Crippen molar-refractivity contribution >= 4 is 0 Å². The van der Waals surface area contributed by atoms with Crippen LogP contribution in [0.4, 0.5) is 0 Å². The summed E-state index contributed by atoms with van der Waals surface area (Å²) in [6, 6.07) is 6.04. The normalized spacial score (nSPS) is 17.8. The van der Waals surface area contributed by atoms with Crippen molar-refractivity contribution in [3.8, 4) is 11.5 Å². The third-order valence-electron chi connectivity index (χ3n) is 6.41. The first kappa shape index (κ1) is 26.8. The number of ether oxygens (including phenoxy) is 2. The molecule has 0 saturated carbocycles. The second-order valence-corrected chi connectivity index (χ2v) is 10.9. The van der Waals surface area contributed by atoms with E-state index < -0.39 is 0 Å². The lowest BCUT2D eigenvalue weighted by atomic mass is 9.72. The molecule has 2 rings (SSSR count). The molecule has 0 aliphatic heterocycles. The second-order valence-electron chi connectivity index (χ2n) is 10.9. The van der Waals surface area contributed by atoms with E-state index in [1.54, 1.807) is 7.11 Å². The summed E-state index contributed by atoms with van der Waals surface area (Å²) in [5.41, 5.74) is 6.91. The number of rotatable bonds is 8. The van der Waals surface area contributed by atoms with E-state index in [9.17, 15) is 0 Å². The minimum absolute atomic E-state index is 0.000178. The van der Waals surface area contributed by atoms with Gasteiger partial charge in [-0.2, -0.15) is 0 Å². The molecule has 0 fully saturated rings. The first-order valence-electron chi connectivity index (χ1n) is 12.2. The van der Waals surface area contributed by atoms with Gasteiger partial charge in [-0.1, -0.05) is 81.7 Å². The van der Waals surface area contributed by atoms with Gasteiger partial charge in [-0.25, -0.2) is 0 Å². The van der Waals surface area contributed by atoms with Crippen LogP contribution in [0.5, 0.6) is 11.5 Å². The molecule has 0 saturated heterocycles. The molecule has 0 heterocycles. The average molecular weight is 449 g/mol. The Hall–Kier alpha value is -2.48. The second kappa shape index (κ2) is 11.6. The zero-order valence-electron chi connectivity index (χ0n) is 22.3. The fourth-order valence-electron chi connectivity index (χ4n) is 4.33. The lowest BCUT2D eigenvalue weighted by Gasteiger charge is -2.32. The highest BCUT2D eigenvalue weighted by atomic mass is 16.5. The van der Waals surface area contributed by atoms with Gasteiger partial charge < -0.3 is 9.47 Å². The maximum Gasteiger partial charge on any atom is 0.122 e. The molecule has 0 aromatic heterocycles. The number of allylic oxidation sites excluding steroid dienone is 9. The smallest absolute Gasteiger partial charge is 0.122 e. The summed E-state index contributed by atoms with van der Waals surface area (Å²) in [7, 11) is 1.71. The van der Waals surface area contributed by atoms with Crippen LogP contribution >= 0.6 is 0 Å². The molecule has 1 aliphatic carbocycles. The van der Waals surface area contributed by atoms with Crippen molar-refractivity contribution in [1.82, 2.24) is 0 Å². The molecule has 2 nitrogen and oxygen atoms in total. The Labute approximate surface area is 202 Å². The fraction of sp³-hybridized carbons (Fsp3) is 0.484. The topological polar surface area (TPSA) is 18.5 Å². The number of hydrogen-bond acceptors (Lipinski definition) is 2. The van der Waals surface area contributed by atoms with E-state index in [2.05, 4.69) is 97.9 Å². The van der Waals surface area contributed by atoms with Crippen LogP contribution in [0, 0.1) is 5.41 Å². The predicted octanol–water partition coefficient (Wildman–Crippen LogP) is 8.90. The van der Waals surface area contributed by atoms with Crippen LogP contribution in [0.2, 0.25) is 0 Å². The van der Waals surface area contributed by atoms with Crippen molar-refractivity contribution in [2.45, 2.75) is 80.1 Å². The molecule has 0 bridgehead atoms. The Kier molecular flexibility index (Phi) is 9.40. The summed E-state index contributed by atoms with van der Waals surface area (Å²) in [4.78, 5) is 0. The van der Waals surface area contributed by atoms with E-state index >= 15 is 0 Å². The van der Waals surface area contributed by atoms with Crippen LogP contribution in [-0.2, 0) is 5.41 Å². The third kappa shape index (κ3) is 8.11. The van der Waals surface area contributed by atoms with E-state index in [1.807, 2.05) is 12.1 Å². The van der Waals surface area contributed by atoms with Crippen LogP contribution in [0.15, 0.2) is 76.9 Å². The largest absolute Gasteiger partial charge is 0.496 e. The maximum atomic E-state index is 5.98. The molecule has 1 aromatic carbocycles. The molecule has 0 atom stereocenters. The van der Waals surface area contributed by atoms with E-state index in [0.717, 1.165) is 17.1 Å². The van der Waals surface area contributed by atoms with Gasteiger partial charge in [0.25, 0.3) is 0 Å². The Morgan fingerprint density at radius 2 is 1.82 bits per heavy atom. The maximum absolute atomic E-state index is 5.98. The summed E-state index contributed by atoms with van der Waals surface area (Å²) in [6.45, 7) is 18.4. The van der Waals surface area contributed by atoms with Crippen molar-refractivity contribution in [2.75, 3.05) is 13.7 Å². The van der Waals surface area contributed by atoms with Crippen LogP contribution < -0.4 is 9.47 Å². The van der Waals surface area contributed by atoms with Gasteiger partial charge in [0, 0.05) is 5.56 Å². The zero-order chi connectivity index (χ0) is 24.6. The molecule has 2 heteroatoms. The molecule has 1 aromatic rings. The summed E-state index contributed by atoms with van der Waals surface area (Å²) in [6.07, 6.45) is 16.9. The van der Waals surface area contributed by atoms with E-state index in [1.165, 1.54) is 41.6 Å². The minimum Gasteiger partial charge on any atom is -0.496 e. The molecule has 0 radical (unpaired) electrons. The summed E-state index contributed by atoms with van der Waals surface area (Å²) >= 11 is 0. The summed E-state index contributed by atoms with van der Waals surface area (Å²) in [5.74, 6) is 1.77. The fourth-order valence-corrected chi connectivity index (χ4v) is 4.33. The highest BCUT2D eigenvalue weighted by Gasteiger charge is 2.26. The quantitative estimate of drug-likeness (QED) is 0.370. The standard InChI is InChI=1S/C31H44O2/c1-23(15-17-27-25(3)14-11-20-31(27,7)8)12-10-13-24(2)19-21-33-26-16-18-29(32-9)28(22-26)30(4,5)6/h10,12-13,15-19,22H,11,14,20-21H2,1-9H3/b13-10+,17-15+,23-12+,24-19+.